The first kappa shape index (κ1) is 20.4. The standard InChI is InChI=1S/C31H24ClP/c32-33(24-14-4-1-5-15-24,25-16-6-2-7-17-25,26-18-8-3-9-19-26)31-29-22-12-10-20-27(29)28-21-11-13-23-30(28)31/h1-23,31H. The summed E-state index contributed by atoms with van der Waals surface area (Å²) in [5.74, 6) is -3.55. The molecule has 1 aliphatic rings. The molecule has 0 heterocycles. The van der Waals surface area contributed by atoms with Crippen LogP contribution in [0.15, 0.2) is 140 Å². The Morgan fingerprint density at radius 3 is 1.06 bits per heavy atom. The van der Waals surface area contributed by atoms with Gasteiger partial charge in [-0.25, -0.2) is 0 Å². The molecule has 0 spiro atoms. The average Bonchev–Trinajstić information content (AvgIpc) is 3.25. The van der Waals surface area contributed by atoms with Crippen molar-refractivity contribution < 1.29 is 0 Å². The van der Waals surface area contributed by atoms with Crippen LogP contribution in [0.25, 0.3) is 11.1 Å². The molecule has 0 unspecified atom stereocenters. The van der Waals surface area contributed by atoms with Crippen LogP contribution in [0.1, 0.15) is 16.8 Å². The van der Waals surface area contributed by atoms with E-state index >= 15 is 0 Å². The second-order valence-corrected chi connectivity index (χ2v) is 15.0. The molecule has 0 saturated carbocycles. The average molecular weight is 463 g/mol. The molecule has 33 heavy (non-hydrogen) atoms. The quantitative estimate of drug-likeness (QED) is 0.243. The summed E-state index contributed by atoms with van der Waals surface area (Å²) in [7, 11) is 0. The van der Waals surface area contributed by atoms with Gasteiger partial charge in [-0.15, -0.1) is 0 Å². The van der Waals surface area contributed by atoms with Crippen molar-refractivity contribution in [2.45, 2.75) is 5.66 Å². The Balaban J connectivity index is 1.85. The van der Waals surface area contributed by atoms with E-state index < -0.39 is 5.96 Å². The van der Waals surface area contributed by atoms with E-state index in [1.807, 2.05) is 0 Å². The zero-order valence-electron chi connectivity index (χ0n) is 18.2. The summed E-state index contributed by atoms with van der Waals surface area (Å²) >= 11 is 8.57. The van der Waals surface area contributed by atoms with Gasteiger partial charge in [0.15, 0.2) is 0 Å². The molecular weight excluding hydrogens is 439 g/mol. The topological polar surface area (TPSA) is 0 Å². The minimum absolute atomic E-state index is 0.0114. The van der Waals surface area contributed by atoms with Crippen LogP contribution in [0, 0.1) is 0 Å². The molecule has 0 nitrogen and oxygen atoms in total. The molecule has 0 N–H and O–H groups in total. The monoisotopic (exact) mass is 462 g/mol. The molecule has 0 aliphatic heterocycles. The van der Waals surface area contributed by atoms with Crippen molar-refractivity contribution in [1.82, 2.24) is 0 Å². The summed E-state index contributed by atoms with van der Waals surface area (Å²) in [5, 5.41) is 3.58. The van der Waals surface area contributed by atoms with Gasteiger partial charge in [0, 0.05) is 0 Å². The minimum atomic E-state index is -3.55. The van der Waals surface area contributed by atoms with Gasteiger partial charge in [0.05, 0.1) is 0 Å². The van der Waals surface area contributed by atoms with E-state index in [-0.39, 0.29) is 5.66 Å². The van der Waals surface area contributed by atoms with Crippen molar-refractivity contribution >= 4 is 33.1 Å². The molecule has 1 aliphatic carbocycles. The molecule has 0 bridgehead atoms. The van der Waals surface area contributed by atoms with Crippen molar-refractivity contribution in [3.05, 3.63) is 151 Å². The van der Waals surface area contributed by atoms with Gasteiger partial charge in [0.1, 0.15) is 0 Å². The van der Waals surface area contributed by atoms with E-state index in [1.54, 1.807) is 0 Å². The number of rotatable bonds is 4. The Kier molecular flexibility index (Phi) is 4.77. The summed E-state index contributed by atoms with van der Waals surface area (Å²) in [5.41, 5.74) is 5.20. The van der Waals surface area contributed by atoms with E-state index in [4.69, 9.17) is 11.2 Å². The Bertz CT molecular complexity index is 1280. The van der Waals surface area contributed by atoms with E-state index in [1.165, 1.54) is 38.2 Å². The molecule has 5 aromatic rings. The van der Waals surface area contributed by atoms with Crippen LogP contribution in [-0.2, 0) is 0 Å². The van der Waals surface area contributed by atoms with Gasteiger partial charge >= 0.3 is 201 Å². The predicted octanol–water partition coefficient (Wildman–Crippen LogP) is 7.44. The van der Waals surface area contributed by atoms with Gasteiger partial charge in [-0.1, -0.05) is 0 Å². The second kappa shape index (κ2) is 7.70. The maximum absolute atomic E-state index is 8.57. The molecule has 0 amide bonds. The second-order valence-electron chi connectivity index (χ2n) is 8.66. The van der Waals surface area contributed by atoms with Gasteiger partial charge in [0.2, 0.25) is 0 Å². The fourth-order valence-corrected chi connectivity index (χ4v) is 12.9. The molecule has 2 heteroatoms. The van der Waals surface area contributed by atoms with Gasteiger partial charge in [-0.2, -0.15) is 0 Å². The third-order valence-corrected chi connectivity index (χ3v) is 14.9. The molecule has 0 atom stereocenters. The van der Waals surface area contributed by atoms with Crippen molar-refractivity contribution in [3.63, 3.8) is 0 Å². The van der Waals surface area contributed by atoms with E-state index in [0.717, 1.165) is 0 Å². The van der Waals surface area contributed by atoms with Crippen LogP contribution >= 0.6 is 17.2 Å². The Labute approximate surface area is 200 Å². The van der Waals surface area contributed by atoms with E-state index in [0.29, 0.717) is 0 Å². The Morgan fingerprint density at radius 1 is 0.394 bits per heavy atom. The molecule has 0 fully saturated rings. The zero-order valence-corrected chi connectivity index (χ0v) is 19.8. The van der Waals surface area contributed by atoms with Gasteiger partial charge in [-0.05, 0) is 0 Å². The third kappa shape index (κ3) is 2.75. The molecule has 0 radical (unpaired) electrons. The number of benzene rings is 5. The van der Waals surface area contributed by atoms with Crippen molar-refractivity contribution in [3.8, 4) is 11.1 Å². The first-order valence-electron chi connectivity index (χ1n) is 11.3. The summed E-state index contributed by atoms with van der Waals surface area (Å²) in [6.45, 7) is 0. The number of hydrogen-bond donors (Lipinski definition) is 0. The number of hydrogen-bond acceptors (Lipinski definition) is 0. The molecule has 0 aromatic heterocycles. The summed E-state index contributed by atoms with van der Waals surface area (Å²) in [4.78, 5) is 0. The van der Waals surface area contributed by atoms with E-state index in [2.05, 4.69) is 140 Å². The van der Waals surface area contributed by atoms with Crippen LogP contribution in [0.3, 0.4) is 0 Å². The predicted molar refractivity (Wildman–Crippen MR) is 145 cm³/mol. The fraction of sp³-hybridized carbons (Fsp3) is 0.0323. The van der Waals surface area contributed by atoms with Crippen LogP contribution < -0.4 is 15.9 Å². The first-order valence-corrected chi connectivity index (χ1v) is 14.5. The molecule has 6 rings (SSSR count). The van der Waals surface area contributed by atoms with Crippen LogP contribution in [-0.4, -0.2) is 0 Å². The summed E-state index contributed by atoms with van der Waals surface area (Å²) in [6.07, 6.45) is 0. The normalized spacial score (nSPS) is 14.2. The molecule has 5 aromatic carbocycles. The Morgan fingerprint density at radius 2 is 0.697 bits per heavy atom. The molecule has 0 saturated heterocycles. The van der Waals surface area contributed by atoms with Gasteiger partial charge in [0.25, 0.3) is 0 Å². The van der Waals surface area contributed by atoms with Gasteiger partial charge in [-0.3, -0.25) is 0 Å². The SMILES string of the molecule is ClP(c1ccccc1)(c1ccccc1)(c1ccccc1)C1c2ccccc2-c2ccccc21. The molecular formula is C31H24ClP. The molecule has 160 valence electrons. The first-order chi connectivity index (χ1) is 16.2. The summed E-state index contributed by atoms with van der Waals surface area (Å²) in [6, 6.07) is 50.0. The Hall–Kier alpha value is -3.18. The van der Waals surface area contributed by atoms with Gasteiger partial charge < -0.3 is 0 Å². The fourth-order valence-electron chi connectivity index (χ4n) is 5.70. The van der Waals surface area contributed by atoms with Crippen molar-refractivity contribution in [2.24, 2.45) is 0 Å². The van der Waals surface area contributed by atoms with E-state index in [9.17, 15) is 0 Å². The number of halogens is 1. The number of fused-ring (bicyclic) bond motifs is 3. The summed E-state index contributed by atoms with van der Waals surface area (Å²) < 4.78 is 0. The van der Waals surface area contributed by atoms with Crippen molar-refractivity contribution in [1.29, 1.82) is 0 Å². The van der Waals surface area contributed by atoms with Crippen molar-refractivity contribution in [2.75, 3.05) is 0 Å². The third-order valence-electron chi connectivity index (χ3n) is 7.07. The van der Waals surface area contributed by atoms with Crippen LogP contribution in [0.2, 0.25) is 0 Å². The maximum atomic E-state index is 8.57. The van der Waals surface area contributed by atoms with Crippen LogP contribution in [0.5, 0.6) is 0 Å². The zero-order chi connectivity index (χ0) is 22.3. The van der Waals surface area contributed by atoms with Crippen LogP contribution in [0.4, 0.5) is 0 Å².